The summed E-state index contributed by atoms with van der Waals surface area (Å²) in [6, 6.07) is 0. The number of carbonyl (C=O) groups is 1. The van der Waals surface area contributed by atoms with Crippen LogP contribution < -0.4 is 5.32 Å². The molecule has 24 heavy (non-hydrogen) atoms. The minimum atomic E-state index is -0.0163. The van der Waals surface area contributed by atoms with Gasteiger partial charge in [0.1, 0.15) is 11.5 Å². The van der Waals surface area contributed by atoms with Crippen LogP contribution in [0.3, 0.4) is 0 Å². The Labute approximate surface area is 146 Å². The molecule has 0 saturated carbocycles. The predicted octanol–water partition coefficient (Wildman–Crippen LogP) is 2.83. The molecule has 0 bridgehead atoms. The Hall–Kier alpha value is -2.02. The van der Waals surface area contributed by atoms with E-state index in [1.165, 1.54) is 9.88 Å². The minimum Gasteiger partial charge on any atom is -0.369 e. The molecule has 6 nitrogen and oxygen atoms in total. The number of amides is 1. The zero-order chi connectivity index (χ0) is 16.9. The number of aryl methyl sites for hydroxylation is 3. The Bertz CT molecular complexity index is 689. The number of anilines is 1. The fourth-order valence-corrected chi connectivity index (χ4v) is 3.71. The van der Waals surface area contributed by atoms with E-state index in [2.05, 4.69) is 27.2 Å². The summed E-state index contributed by atoms with van der Waals surface area (Å²) in [7, 11) is 0. The molecule has 0 aliphatic carbocycles. The summed E-state index contributed by atoms with van der Waals surface area (Å²) < 4.78 is 0. The second kappa shape index (κ2) is 7.70. The van der Waals surface area contributed by atoms with Gasteiger partial charge in [0.05, 0.1) is 23.1 Å². The van der Waals surface area contributed by atoms with Crippen molar-refractivity contribution in [2.24, 2.45) is 0 Å². The summed E-state index contributed by atoms with van der Waals surface area (Å²) in [5, 5.41) is 4.43. The smallest absolute Gasteiger partial charge is 0.274 e. The Morgan fingerprint density at radius 1 is 1.25 bits per heavy atom. The summed E-state index contributed by atoms with van der Waals surface area (Å²) in [4.78, 5) is 28.6. The molecule has 3 rings (SSSR count). The number of rotatable bonds is 6. The Morgan fingerprint density at radius 2 is 2.04 bits per heavy atom. The topological polar surface area (TPSA) is 71.0 Å². The molecule has 0 unspecified atom stereocenters. The van der Waals surface area contributed by atoms with Crippen molar-refractivity contribution in [2.45, 2.75) is 39.5 Å². The average molecular weight is 345 g/mol. The predicted molar refractivity (Wildman–Crippen MR) is 95.6 cm³/mol. The number of aromatic nitrogens is 3. The lowest BCUT2D eigenvalue weighted by atomic mass is 10.3. The monoisotopic (exact) mass is 345 g/mol. The van der Waals surface area contributed by atoms with Gasteiger partial charge in [0.25, 0.3) is 5.91 Å². The number of nitrogens with zero attached hydrogens (tertiary/aromatic N) is 4. The molecule has 2 aromatic rings. The molecular formula is C17H23N5OS. The van der Waals surface area contributed by atoms with Gasteiger partial charge in [-0.3, -0.25) is 9.78 Å². The highest BCUT2D eigenvalue weighted by molar-refractivity contribution is 7.11. The van der Waals surface area contributed by atoms with Crippen molar-refractivity contribution < 1.29 is 4.79 Å². The molecule has 1 N–H and O–H groups in total. The van der Waals surface area contributed by atoms with Crippen LogP contribution in [0.5, 0.6) is 0 Å². The first-order valence-electron chi connectivity index (χ1n) is 8.41. The van der Waals surface area contributed by atoms with Crippen molar-refractivity contribution in [3.63, 3.8) is 0 Å². The molecule has 2 aromatic heterocycles. The van der Waals surface area contributed by atoms with E-state index in [9.17, 15) is 4.79 Å². The molecule has 3 heterocycles. The fraction of sp³-hybridized carbons (Fsp3) is 0.529. The normalized spacial score (nSPS) is 14.2. The first kappa shape index (κ1) is 16.8. The molecule has 1 aliphatic heterocycles. The summed E-state index contributed by atoms with van der Waals surface area (Å²) in [6.45, 7) is 6.59. The summed E-state index contributed by atoms with van der Waals surface area (Å²) >= 11 is 1.76. The number of hydrogen-bond acceptors (Lipinski definition) is 6. The molecule has 0 atom stereocenters. The SMILES string of the molecule is Cc1nc(CCCNc2cncc(C(=O)N3CCCC3)n2)sc1C. The van der Waals surface area contributed by atoms with Crippen molar-refractivity contribution in [1.29, 1.82) is 0 Å². The maximum absolute atomic E-state index is 12.3. The van der Waals surface area contributed by atoms with Gasteiger partial charge in [-0.05, 0) is 33.1 Å². The van der Waals surface area contributed by atoms with Gasteiger partial charge < -0.3 is 10.2 Å². The second-order valence-electron chi connectivity index (χ2n) is 6.07. The Balaban J connectivity index is 1.50. The number of carbonyl (C=O) groups excluding carboxylic acids is 1. The number of thiazole rings is 1. The first-order valence-corrected chi connectivity index (χ1v) is 9.23. The van der Waals surface area contributed by atoms with Crippen molar-refractivity contribution in [2.75, 3.05) is 25.0 Å². The van der Waals surface area contributed by atoms with Crippen molar-refractivity contribution in [1.82, 2.24) is 19.9 Å². The molecule has 128 valence electrons. The highest BCUT2D eigenvalue weighted by Crippen LogP contribution is 2.18. The van der Waals surface area contributed by atoms with E-state index in [-0.39, 0.29) is 5.91 Å². The zero-order valence-electron chi connectivity index (χ0n) is 14.2. The van der Waals surface area contributed by atoms with Crippen LogP contribution in [-0.2, 0) is 6.42 Å². The largest absolute Gasteiger partial charge is 0.369 e. The van der Waals surface area contributed by atoms with Crippen LogP contribution in [0.1, 0.15) is 45.3 Å². The molecule has 0 spiro atoms. The van der Waals surface area contributed by atoms with Gasteiger partial charge in [-0.2, -0.15) is 0 Å². The van der Waals surface area contributed by atoms with Crippen LogP contribution >= 0.6 is 11.3 Å². The molecule has 1 aliphatic rings. The van der Waals surface area contributed by atoms with Gasteiger partial charge in [-0.15, -0.1) is 11.3 Å². The van der Waals surface area contributed by atoms with Gasteiger partial charge in [0.15, 0.2) is 0 Å². The lowest BCUT2D eigenvalue weighted by molar-refractivity contribution is 0.0786. The quantitative estimate of drug-likeness (QED) is 0.815. The van der Waals surface area contributed by atoms with E-state index < -0.39 is 0 Å². The van der Waals surface area contributed by atoms with Gasteiger partial charge in [0, 0.05) is 30.9 Å². The van der Waals surface area contributed by atoms with Crippen LogP contribution in [0.25, 0.3) is 0 Å². The molecule has 1 fully saturated rings. The zero-order valence-corrected chi connectivity index (χ0v) is 15.0. The first-order chi connectivity index (χ1) is 11.6. The van der Waals surface area contributed by atoms with Crippen molar-refractivity contribution >= 4 is 23.1 Å². The van der Waals surface area contributed by atoms with Crippen LogP contribution in [0.15, 0.2) is 12.4 Å². The number of nitrogens with one attached hydrogen (secondary N) is 1. The highest BCUT2D eigenvalue weighted by atomic mass is 32.1. The summed E-state index contributed by atoms with van der Waals surface area (Å²) in [5.41, 5.74) is 1.55. The van der Waals surface area contributed by atoms with Crippen molar-refractivity contribution in [3.8, 4) is 0 Å². The van der Waals surface area contributed by atoms with E-state index in [0.717, 1.165) is 51.0 Å². The summed E-state index contributed by atoms with van der Waals surface area (Å²) in [5.74, 6) is 0.643. The van der Waals surface area contributed by atoms with Gasteiger partial charge in [0.2, 0.25) is 0 Å². The lowest BCUT2D eigenvalue weighted by Gasteiger charge is -2.14. The van der Waals surface area contributed by atoms with E-state index in [1.807, 2.05) is 11.8 Å². The Kier molecular flexibility index (Phi) is 5.40. The maximum Gasteiger partial charge on any atom is 0.274 e. The third-order valence-electron chi connectivity index (χ3n) is 4.19. The van der Waals surface area contributed by atoms with Crippen LogP contribution in [0.2, 0.25) is 0 Å². The van der Waals surface area contributed by atoms with Gasteiger partial charge in [-0.25, -0.2) is 9.97 Å². The molecule has 0 aromatic carbocycles. The van der Waals surface area contributed by atoms with E-state index in [4.69, 9.17) is 0 Å². The van der Waals surface area contributed by atoms with Gasteiger partial charge in [-0.1, -0.05) is 0 Å². The highest BCUT2D eigenvalue weighted by Gasteiger charge is 2.20. The Morgan fingerprint density at radius 3 is 2.75 bits per heavy atom. The maximum atomic E-state index is 12.3. The molecule has 0 radical (unpaired) electrons. The van der Waals surface area contributed by atoms with E-state index in [0.29, 0.717) is 11.5 Å². The molecule has 7 heteroatoms. The minimum absolute atomic E-state index is 0.0163. The van der Waals surface area contributed by atoms with Crippen LogP contribution in [-0.4, -0.2) is 45.4 Å². The average Bonchev–Trinajstić information content (AvgIpc) is 3.22. The fourth-order valence-electron chi connectivity index (χ4n) is 2.74. The molecular weight excluding hydrogens is 322 g/mol. The van der Waals surface area contributed by atoms with Gasteiger partial charge >= 0.3 is 0 Å². The summed E-state index contributed by atoms with van der Waals surface area (Å²) in [6.07, 6.45) is 7.29. The van der Waals surface area contributed by atoms with E-state index >= 15 is 0 Å². The number of hydrogen-bond donors (Lipinski definition) is 1. The standard InChI is InChI=1S/C17H23N5OS/c1-12-13(2)24-16(20-12)6-5-7-19-15-11-18-10-14(21-15)17(23)22-8-3-4-9-22/h10-11H,3-9H2,1-2H3,(H,19,21). The molecule has 1 amide bonds. The lowest BCUT2D eigenvalue weighted by Crippen LogP contribution is -2.28. The third kappa shape index (κ3) is 4.08. The van der Waals surface area contributed by atoms with E-state index in [1.54, 1.807) is 23.7 Å². The second-order valence-corrected chi connectivity index (χ2v) is 7.36. The number of likely N-dealkylation sites (tertiary alicyclic amines) is 1. The van der Waals surface area contributed by atoms with Crippen LogP contribution in [0.4, 0.5) is 5.82 Å². The van der Waals surface area contributed by atoms with Crippen LogP contribution in [0, 0.1) is 13.8 Å². The third-order valence-corrected chi connectivity index (χ3v) is 5.33. The molecule has 1 saturated heterocycles. The van der Waals surface area contributed by atoms with Crippen molar-refractivity contribution in [3.05, 3.63) is 33.7 Å².